The number of hydrogen-bond acceptors (Lipinski definition) is 4. The normalized spacial score (nSPS) is 16.0. The van der Waals surface area contributed by atoms with Crippen molar-refractivity contribution in [2.24, 2.45) is 11.7 Å². The maximum atomic E-state index is 12.1. The van der Waals surface area contributed by atoms with E-state index in [1.165, 1.54) is 0 Å². The van der Waals surface area contributed by atoms with Crippen LogP contribution in [0.1, 0.15) is 24.0 Å². The fourth-order valence-electron chi connectivity index (χ4n) is 2.77. The molecule has 1 aromatic carbocycles. The zero-order valence-electron chi connectivity index (χ0n) is 14.1. The number of benzene rings is 1. The molecule has 1 fully saturated rings. The molecule has 1 aliphatic rings. The average Bonchev–Trinajstić information content (AvgIpc) is 2.56. The Morgan fingerprint density at radius 1 is 1.25 bits per heavy atom. The lowest BCUT2D eigenvalue weighted by molar-refractivity contribution is -0.126. The number of hydrogen-bond donors (Lipinski definition) is 3. The minimum absolute atomic E-state index is 0. The fraction of sp³-hybridized carbons (Fsp3) is 0.529. The van der Waals surface area contributed by atoms with E-state index in [2.05, 4.69) is 10.6 Å². The molecular formula is C17H26ClN3O3. The van der Waals surface area contributed by atoms with Gasteiger partial charge in [0.1, 0.15) is 0 Å². The predicted octanol–water partition coefficient (Wildman–Crippen LogP) is 1.53. The molecule has 6 nitrogen and oxygen atoms in total. The van der Waals surface area contributed by atoms with Crippen LogP contribution in [0.25, 0.3) is 0 Å². The molecule has 4 N–H and O–H groups in total. The number of aryl methyl sites for hydroxylation is 2. The van der Waals surface area contributed by atoms with Crippen molar-refractivity contribution >= 4 is 29.9 Å². The van der Waals surface area contributed by atoms with Crippen LogP contribution in [0.15, 0.2) is 18.2 Å². The first-order chi connectivity index (χ1) is 11.0. The molecule has 0 radical (unpaired) electrons. The van der Waals surface area contributed by atoms with Gasteiger partial charge in [0, 0.05) is 18.9 Å². The largest absolute Gasteiger partial charge is 0.381 e. The summed E-state index contributed by atoms with van der Waals surface area (Å²) in [6.45, 7) is 5.06. The third kappa shape index (κ3) is 5.47. The Morgan fingerprint density at radius 3 is 2.42 bits per heavy atom. The van der Waals surface area contributed by atoms with Gasteiger partial charge in [0.25, 0.3) is 0 Å². The minimum atomic E-state index is -0.591. The second kappa shape index (κ2) is 9.61. The third-order valence-electron chi connectivity index (χ3n) is 4.25. The Morgan fingerprint density at radius 2 is 1.83 bits per heavy atom. The van der Waals surface area contributed by atoms with Gasteiger partial charge in [0.2, 0.25) is 11.8 Å². The van der Waals surface area contributed by atoms with E-state index >= 15 is 0 Å². The highest BCUT2D eigenvalue weighted by Gasteiger charge is 2.26. The number of amides is 2. The number of nitrogens with one attached hydrogen (secondary N) is 2. The van der Waals surface area contributed by atoms with Crippen LogP contribution < -0.4 is 16.4 Å². The van der Waals surface area contributed by atoms with Crippen LogP contribution in [0.2, 0.25) is 0 Å². The average molecular weight is 356 g/mol. The number of rotatable bonds is 5. The molecular weight excluding hydrogens is 330 g/mol. The molecule has 0 aromatic heterocycles. The summed E-state index contributed by atoms with van der Waals surface area (Å²) in [5.74, 6) is -0.422. The number of carbonyl (C=O) groups is 2. The van der Waals surface area contributed by atoms with Crippen LogP contribution in [-0.2, 0) is 14.3 Å². The smallest absolute Gasteiger partial charge is 0.243 e. The Hall–Kier alpha value is -1.63. The first kappa shape index (κ1) is 20.4. The predicted molar refractivity (Wildman–Crippen MR) is 96.3 cm³/mol. The molecule has 0 aliphatic carbocycles. The number of para-hydroxylation sites is 1. The van der Waals surface area contributed by atoms with Crippen LogP contribution in [-0.4, -0.2) is 37.6 Å². The lowest BCUT2D eigenvalue weighted by Gasteiger charge is -2.26. The Bertz CT molecular complexity index is 554. The molecule has 0 saturated carbocycles. The van der Waals surface area contributed by atoms with Gasteiger partial charge in [0.15, 0.2) is 0 Å². The summed E-state index contributed by atoms with van der Waals surface area (Å²) in [7, 11) is 0. The van der Waals surface area contributed by atoms with Crippen molar-refractivity contribution in [1.82, 2.24) is 5.32 Å². The van der Waals surface area contributed by atoms with E-state index in [9.17, 15) is 9.59 Å². The number of ether oxygens (including phenoxy) is 1. The number of carbonyl (C=O) groups excluding carboxylic acids is 2. The zero-order valence-corrected chi connectivity index (χ0v) is 14.9. The molecule has 2 rings (SSSR count). The van der Waals surface area contributed by atoms with Crippen molar-refractivity contribution in [3.8, 4) is 0 Å². The second-order valence-electron chi connectivity index (χ2n) is 6.01. The summed E-state index contributed by atoms with van der Waals surface area (Å²) in [4.78, 5) is 24.1. The van der Waals surface area contributed by atoms with Gasteiger partial charge in [-0.25, -0.2) is 0 Å². The summed E-state index contributed by atoms with van der Waals surface area (Å²) in [5.41, 5.74) is 8.75. The summed E-state index contributed by atoms with van der Waals surface area (Å²) < 4.78 is 5.27. The SMILES string of the molecule is Cc1cccc(C)c1NC(=O)CNC(=O)C(N)C1CCOCC1.Cl. The topological polar surface area (TPSA) is 93.5 Å². The molecule has 2 amide bonds. The molecule has 1 aliphatic heterocycles. The van der Waals surface area contributed by atoms with Crippen LogP contribution >= 0.6 is 12.4 Å². The molecule has 1 atom stereocenters. The molecule has 24 heavy (non-hydrogen) atoms. The molecule has 1 heterocycles. The minimum Gasteiger partial charge on any atom is -0.381 e. The van der Waals surface area contributed by atoms with Crippen molar-refractivity contribution in [3.63, 3.8) is 0 Å². The Kier molecular flexibility index (Phi) is 8.18. The lowest BCUT2D eigenvalue weighted by atomic mass is 9.92. The van der Waals surface area contributed by atoms with Crippen molar-refractivity contribution in [3.05, 3.63) is 29.3 Å². The zero-order chi connectivity index (χ0) is 16.8. The van der Waals surface area contributed by atoms with E-state index in [0.29, 0.717) is 13.2 Å². The summed E-state index contributed by atoms with van der Waals surface area (Å²) in [6, 6.07) is 5.21. The van der Waals surface area contributed by atoms with Crippen molar-refractivity contribution in [1.29, 1.82) is 0 Å². The number of anilines is 1. The van der Waals surface area contributed by atoms with E-state index < -0.39 is 6.04 Å². The second-order valence-corrected chi connectivity index (χ2v) is 6.01. The van der Waals surface area contributed by atoms with E-state index in [-0.39, 0.29) is 36.7 Å². The number of nitrogens with two attached hydrogens (primary N) is 1. The maximum Gasteiger partial charge on any atom is 0.243 e. The van der Waals surface area contributed by atoms with E-state index in [1.54, 1.807) is 0 Å². The summed E-state index contributed by atoms with van der Waals surface area (Å²) in [5, 5.41) is 5.46. The van der Waals surface area contributed by atoms with Crippen LogP contribution in [0.3, 0.4) is 0 Å². The fourth-order valence-corrected chi connectivity index (χ4v) is 2.77. The van der Waals surface area contributed by atoms with Crippen LogP contribution in [0.5, 0.6) is 0 Å². The van der Waals surface area contributed by atoms with Gasteiger partial charge in [-0.2, -0.15) is 0 Å². The van der Waals surface area contributed by atoms with Gasteiger partial charge in [-0.3, -0.25) is 9.59 Å². The highest BCUT2D eigenvalue weighted by molar-refractivity contribution is 5.96. The first-order valence-corrected chi connectivity index (χ1v) is 7.96. The van der Waals surface area contributed by atoms with Crippen molar-refractivity contribution in [2.75, 3.05) is 25.1 Å². The quantitative estimate of drug-likeness (QED) is 0.746. The standard InChI is InChI=1S/C17H25N3O3.ClH/c1-11-4-3-5-12(2)16(11)20-14(21)10-19-17(22)15(18)13-6-8-23-9-7-13;/h3-5,13,15H,6-10,18H2,1-2H3,(H,19,22)(H,20,21);1H. The van der Waals surface area contributed by atoms with Crippen LogP contribution in [0.4, 0.5) is 5.69 Å². The van der Waals surface area contributed by atoms with Gasteiger partial charge >= 0.3 is 0 Å². The molecule has 134 valence electrons. The first-order valence-electron chi connectivity index (χ1n) is 7.96. The highest BCUT2D eigenvalue weighted by Crippen LogP contribution is 2.19. The van der Waals surface area contributed by atoms with Gasteiger partial charge in [-0.1, -0.05) is 18.2 Å². The molecule has 1 saturated heterocycles. The third-order valence-corrected chi connectivity index (χ3v) is 4.25. The van der Waals surface area contributed by atoms with Crippen molar-refractivity contribution in [2.45, 2.75) is 32.7 Å². The summed E-state index contributed by atoms with van der Waals surface area (Å²) >= 11 is 0. The lowest BCUT2D eigenvalue weighted by Crippen LogP contribution is -2.48. The van der Waals surface area contributed by atoms with Gasteiger partial charge in [0.05, 0.1) is 12.6 Å². The Labute approximate surface area is 148 Å². The Balaban J connectivity index is 0.00000288. The monoisotopic (exact) mass is 355 g/mol. The highest BCUT2D eigenvalue weighted by atomic mass is 35.5. The van der Waals surface area contributed by atoms with Crippen molar-refractivity contribution < 1.29 is 14.3 Å². The molecule has 0 spiro atoms. The maximum absolute atomic E-state index is 12.1. The number of halogens is 1. The summed E-state index contributed by atoms with van der Waals surface area (Å²) in [6.07, 6.45) is 1.56. The van der Waals surface area contributed by atoms with E-state index in [4.69, 9.17) is 10.5 Å². The molecule has 0 bridgehead atoms. The van der Waals surface area contributed by atoms with Gasteiger partial charge in [-0.05, 0) is 43.7 Å². The molecule has 7 heteroatoms. The van der Waals surface area contributed by atoms with E-state index in [0.717, 1.165) is 29.7 Å². The van der Waals surface area contributed by atoms with Crippen LogP contribution in [0, 0.1) is 19.8 Å². The molecule has 1 aromatic rings. The van der Waals surface area contributed by atoms with Gasteiger partial charge < -0.3 is 21.1 Å². The molecule has 1 unspecified atom stereocenters. The van der Waals surface area contributed by atoms with E-state index in [1.807, 2.05) is 32.0 Å². The van der Waals surface area contributed by atoms with Gasteiger partial charge in [-0.15, -0.1) is 12.4 Å².